The SMILES string of the molecule is COc1ccc(CSc2ncc[nH]2)cc1C(=N)N. The third-order valence-electron chi connectivity index (χ3n) is 2.40. The summed E-state index contributed by atoms with van der Waals surface area (Å²) >= 11 is 1.60. The van der Waals surface area contributed by atoms with Crippen LogP contribution < -0.4 is 10.5 Å². The number of hydrogen-bond donors (Lipinski definition) is 3. The van der Waals surface area contributed by atoms with Crippen LogP contribution in [0.2, 0.25) is 0 Å². The molecular weight excluding hydrogens is 248 g/mol. The standard InChI is InChI=1S/C12H14N4OS/c1-17-10-3-2-8(6-9(10)11(13)14)7-18-12-15-4-5-16-12/h2-6H,7H2,1H3,(H3,13,14)(H,15,16). The highest BCUT2D eigenvalue weighted by atomic mass is 32.2. The number of benzene rings is 1. The number of imidazole rings is 1. The third-order valence-corrected chi connectivity index (χ3v) is 3.38. The summed E-state index contributed by atoms with van der Waals surface area (Å²) in [4.78, 5) is 7.17. The highest BCUT2D eigenvalue weighted by molar-refractivity contribution is 7.98. The van der Waals surface area contributed by atoms with Crippen LogP contribution in [0, 0.1) is 5.41 Å². The Kier molecular flexibility index (Phi) is 3.88. The molecule has 0 aliphatic rings. The first-order valence-electron chi connectivity index (χ1n) is 5.34. The number of nitrogen functional groups attached to an aromatic ring is 1. The number of H-pyrrole nitrogens is 1. The summed E-state index contributed by atoms with van der Waals surface area (Å²) in [7, 11) is 1.57. The van der Waals surface area contributed by atoms with E-state index in [1.807, 2.05) is 18.2 Å². The summed E-state index contributed by atoms with van der Waals surface area (Å²) in [5, 5.41) is 8.39. The maximum absolute atomic E-state index is 7.52. The highest BCUT2D eigenvalue weighted by Gasteiger charge is 2.07. The van der Waals surface area contributed by atoms with Gasteiger partial charge in [-0.3, -0.25) is 5.41 Å². The Labute approximate surface area is 109 Å². The molecule has 0 aliphatic heterocycles. The Hall–Kier alpha value is -1.95. The van der Waals surface area contributed by atoms with Gasteiger partial charge in [0.15, 0.2) is 5.16 Å². The first-order valence-corrected chi connectivity index (χ1v) is 6.32. The van der Waals surface area contributed by atoms with Gasteiger partial charge in [-0.05, 0) is 17.7 Å². The number of ether oxygens (including phenoxy) is 1. The van der Waals surface area contributed by atoms with Crippen LogP contribution in [0.15, 0.2) is 35.7 Å². The number of rotatable bonds is 5. The Morgan fingerprint density at radius 3 is 3.00 bits per heavy atom. The third kappa shape index (κ3) is 2.84. The van der Waals surface area contributed by atoms with Crippen molar-refractivity contribution >= 4 is 17.6 Å². The van der Waals surface area contributed by atoms with E-state index in [1.165, 1.54) is 0 Å². The van der Waals surface area contributed by atoms with E-state index in [9.17, 15) is 0 Å². The van der Waals surface area contributed by atoms with Crippen molar-refractivity contribution in [1.29, 1.82) is 5.41 Å². The summed E-state index contributed by atoms with van der Waals surface area (Å²) in [6.45, 7) is 0. The van der Waals surface area contributed by atoms with Crippen LogP contribution in [-0.4, -0.2) is 22.9 Å². The summed E-state index contributed by atoms with van der Waals surface area (Å²) < 4.78 is 5.17. The van der Waals surface area contributed by atoms with Gasteiger partial charge in [0.05, 0.1) is 12.7 Å². The number of hydrogen-bond acceptors (Lipinski definition) is 4. The van der Waals surface area contributed by atoms with E-state index < -0.39 is 0 Å². The molecule has 0 spiro atoms. The molecule has 0 saturated carbocycles. The Morgan fingerprint density at radius 1 is 1.56 bits per heavy atom. The first kappa shape index (κ1) is 12.5. The molecule has 5 nitrogen and oxygen atoms in total. The molecule has 18 heavy (non-hydrogen) atoms. The second-order valence-corrected chi connectivity index (χ2v) is 4.60. The average Bonchev–Trinajstić information content (AvgIpc) is 2.89. The van der Waals surface area contributed by atoms with Crippen molar-refractivity contribution in [2.45, 2.75) is 10.9 Å². The molecule has 2 rings (SSSR count). The van der Waals surface area contributed by atoms with E-state index in [0.29, 0.717) is 11.3 Å². The van der Waals surface area contributed by atoms with Crippen LogP contribution in [0.5, 0.6) is 5.75 Å². The summed E-state index contributed by atoms with van der Waals surface area (Å²) in [6, 6.07) is 5.66. The number of thioether (sulfide) groups is 1. The normalized spacial score (nSPS) is 10.3. The Balaban J connectivity index is 2.14. The van der Waals surface area contributed by atoms with Crippen molar-refractivity contribution in [2.75, 3.05) is 7.11 Å². The first-order chi connectivity index (χ1) is 8.70. The van der Waals surface area contributed by atoms with E-state index in [1.54, 1.807) is 31.3 Å². The predicted molar refractivity (Wildman–Crippen MR) is 72.2 cm³/mol. The molecule has 1 heterocycles. The molecule has 0 amide bonds. The molecule has 1 aromatic heterocycles. The number of aromatic nitrogens is 2. The van der Waals surface area contributed by atoms with Gasteiger partial charge >= 0.3 is 0 Å². The van der Waals surface area contributed by atoms with Crippen LogP contribution in [0.25, 0.3) is 0 Å². The molecule has 0 unspecified atom stereocenters. The van der Waals surface area contributed by atoms with Crippen LogP contribution in [0.1, 0.15) is 11.1 Å². The topological polar surface area (TPSA) is 87.8 Å². The van der Waals surface area contributed by atoms with Crippen molar-refractivity contribution in [1.82, 2.24) is 9.97 Å². The minimum Gasteiger partial charge on any atom is -0.496 e. The number of amidine groups is 1. The monoisotopic (exact) mass is 262 g/mol. The number of nitrogens with zero attached hydrogens (tertiary/aromatic N) is 1. The molecule has 4 N–H and O–H groups in total. The van der Waals surface area contributed by atoms with Gasteiger partial charge in [0.2, 0.25) is 0 Å². The van der Waals surface area contributed by atoms with Crippen LogP contribution in [-0.2, 0) is 5.75 Å². The Bertz CT molecular complexity index is 539. The number of nitrogens with one attached hydrogen (secondary N) is 2. The number of methoxy groups -OCH3 is 1. The van der Waals surface area contributed by atoms with Crippen molar-refractivity contribution in [3.8, 4) is 5.75 Å². The van der Waals surface area contributed by atoms with Gasteiger partial charge in [0.1, 0.15) is 11.6 Å². The molecule has 94 valence electrons. The highest BCUT2D eigenvalue weighted by Crippen LogP contribution is 2.24. The number of nitrogens with two attached hydrogens (primary N) is 1. The van der Waals surface area contributed by atoms with E-state index in [2.05, 4.69) is 9.97 Å². The van der Waals surface area contributed by atoms with Crippen LogP contribution in [0.3, 0.4) is 0 Å². The molecule has 2 aromatic rings. The summed E-state index contributed by atoms with van der Waals surface area (Å²) in [5.74, 6) is 1.39. The minimum absolute atomic E-state index is 0.0108. The van der Waals surface area contributed by atoms with Gasteiger partial charge in [0.25, 0.3) is 0 Å². The lowest BCUT2D eigenvalue weighted by Gasteiger charge is -2.09. The fourth-order valence-electron chi connectivity index (χ4n) is 1.54. The van der Waals surface area contributed by atoms with Gasteiger partial charge < -0.3 is 15.5 Å². The van der Waals surface area contributed by atoms with E-state index >= 15 is 0 Å². The molecule has 1 aromatic carbocycles. The maximum Gasteiger partial charge on any atom is 0.165 e. The second-order valence-electron chi connectivity index (χ2n) is 3.63. The van der Waals surface area contributed by atoms with E-state index in [-0.39, 0.29) is 5.84 Å². The maximum atomic E-state index is 7.52. The van der Waals surface area contributed by atoms with Gasteiger partial charge in [-0.15, -0.1) is 0 Å². The fraction of sp³-hybridized carbons (Fsp3) is 0.167. The molecular formula is C12H14N4OS. The van der Waals surface area contributed by atoms with Crippen molar-refractivity contribution < 1.29 is 4.74 Å². The lowest BCUT2D eigenvalue weighted by Crippen LogP contribution is -2.12. The summed E-state index contributed by atoms with van der Waals surface area (Å²) in [6.07, 6.45) is 3.51. The fourth-order valence-corrected chi connectivity index (χ4v) is 2.31. The lowest BCUT2D eigenvalue weighted by atomic mass is 10.1. The molecule has 0 radical (unpaired) electrons. The van der Waals surface area contributed by atoms with Gasteiger partial charge in [-0.25, -0.2) is 4.98 Å². The molecule has 0 saturated heterocycles. The smallest absolute Gasteiger partial charge is 0.165 e. The van der Waals surface area contributed by atoms with Gasteiger partial charge in [0, 0.05) is 18.1 Å². The predicted octanol–water partition coefficient (Wildman–Crippen LogP) is 1.99. The van der Waals surface area contributed by atoms with Crippen LogP contribution >= 0.6 is 11.8 Å². The van der Waals surface area contributed by atoms with E-state index in [0.717, 1.165) is 16.5 Å². The summed E-state index contributed by atoms with van der Waals surface area (Å²) in [5.41, 5.74) is 7.22. The van der Waals surface area contributed by atoms with Crippen molar-refractivity contribution in [3.63, 3.8) is 0 Å². The van der Waals surface area contributed by atoms with Gasteiger partial charge in [-0.1, -0.05) is 17.8 Å². The van der Waals surface area contributed by atoms with E-state index in [4.69, 9.17) is 15.9 Å². The molecule has 0 atom stereocenters. The zero-order valence-electron chi connectivity index (χ0n) is 9.93. The molecule has 6 heteroatoms. The quantitative estimate of drug-likeness (QED) is 0.437. The second kappa shape index (κ2) is 5.59. The largest absolute Gasteiger partial charge is 0.496 e. The zero-order valence-corrected chi connectivity index (χ0v) is 10.8. The van der Waals surface area contributed by atoms with Crippen molar-refractivity contribution in [2.24, 2.45) is 5.73 Å². The minimum atomic E-state index is 0.0108. The lowest BCUT2D eigenvalue weighted by molar-refractivity contribution is 0.413. The van der Waals surface area contributed by atoms with Crippen molar-refractivity contribution in [3.05, 3.63) is 41.7 Å². The molecule has 0 fully saturated rings. The Morgan fingerprint density at radius 2 is 2.39 bits per heavy atom. The zero-order chi connectivity index (χ0) is 13.0. The van der Waals surface area contributed by atoms with Crippen LogP contribution in [0.4, 0.5) is 0 Å². The molecule has 0 bridgehead atoms. The van der Waals surface area contributed by atoms with Gasteiger partial charge in [-0.2, -0.15) is 0 Å². The average molecular weight is 262 g/mol. The number of aromatic amines is 1. The molecule has 0 aliphatic carbocycles.